The predicted molar refractivity (Wildman–Crippen MR) is 50.0 cm³/mol. The summed E-state index contributed by atoms with van der Waals surface area (Å²) in [5.74, 6) is 0.687. The lowest BCUT2D eigenvalue weighted by Crippen LogP contribution is -2.01. The number of aryl methyl sites for hydroxylation is 2. The first-order valence-corrected chi connectivity index (χ1v) is 4.39. The second-order valence-corrected chi connectivity index (χ2v) is 3.69. The molecule has 0 amide bonds. The normalized spacial score (nSPS) is 10.8. The molecule has 0 atom stereocenters. The third kappa shape index (κ3) is 2.29. The second kappa shape index (κ2) is 3.65. The van der Waals surface area contributed by atoms with Crippen molar-refractivity contribution in [1.29, 1.82) is 0 Å². The molecule has 0 N–H and O–H groups in total. The van der Waals surface area contributed by atoms with E-state index in [1.807, 2.05) is 13.8 Å². The highest BCUT2D eigenvalue weighted by atomic mass is 15.1. The summed E-state index contributed by atoms with van der Waals surface area (Å²) in [6, 6.07) is 2.13. The van der Waals surface area contributed by atoms with E-state index in [0.717, 1.165) is 17.8 Å². The lowest BCUT2D eigenvalue weighted by Gasteiger charge is -2.07. The molecule has 1 aromatic rings. The van der Waals surface area contributed by atoms with Crippen molar-refractivity contribution in [2.45, 2.75) is 34.1 Å². The van der Waals surface area contributed by atoms with Gasteiger partial charge in [0.15, 0.2) is 0 Å². The molecule has 0 radical (unpaired) electrons. The first-order chi connectivity index (χ1) is 5.59. The fourth-order valence-corrected chi connectivity index (χ4v) is 1.25. The molecule has 1 aromatic heterocycles. The highest BCUT2D eigenvalue weighted by Gasteiger charge is 2.03. The van der Waals surface area contributed by atoms with Crippen molar-refractivity contribution in [1.82, 2.24) is 10.2 Å². The highest BCUT2D eigenvalue weighted by molar-refractivity contribution is 5.19. The monoisotopic (exact) mass is 164 g/mol. The van der Waals surface area contributed by atoms with E-state index in [4.69, 9.17) is 0 Å². The molecule has 0 aliphatic heterocycles. The predicted octanol–water partition coefficient (Wildman–Crippen LogP) is 2.29. The van der Waals surface area contributed by atoms with Gasteiger partial charge >= 0.3 is 0 Å². The van der Waals surface area contributed by atoms with E-state index in [1.165, 1.54) is 5.56 Å². The Kier molecular flexibility index (Phi) is 2.79. The van der Waals surface area contributed by atoms with E-state index in [2.05, 4.69) is 30.1 Å². The SMILES string of the molecule is Cc1cc(CC(C)C)c(C)nn1. The summed E-state index contributed by atoms with van der Waals surface area (Å²) < 4.78 is 0. The first kappa shape index (κ1) is 9.17. The third-order valence-corrected chi connectivity index (χ3v) is 1.83. The molecule has 0 saturated heterocycles. The summed E-state index contributed by atoms with van der Waals surface area (Å²) in [4.78, 5) is 0. The maximum Gasteiger partial charge on any atom is 0.0632 e. The molecular formula is C10H16N2. The van der Waals surface area contributed by atoms with Crippen LogP contribution in [-0.4, -0.2) is 10.2 Å². The van der Waals surface area contributed by atoms with Crippen LogP contribution >= 0.6 is 0 Å². The quantitative estimate of drug-likeness (QED) is 0.670. The van der Waals surface area contributed by atoms with Gasteiger partial charge in [0.2, 0.25) is 0 Å². The van der Waals surface area contributed by atoms with E-state index < -0.39 is 0 Å². The maximum atomic E-state index is 4.08. The summed E-state index contributed by atoms with van der Waals surface area (Å²) in [6.45, 7) is 8.44. The number of rotatable bonds is 2. The van der Waals surface area contributed by atoms with Crippen LogP contribution in [0.25, 0.3) is 0 Å². The molecule has 1 rings (SSSR count). The van der Waals surface area contributed by atoms with E-state index >= 15 is 0 Å². The Morgan fingerprint density at radius 2 is 1.92 bits per heavy atom. The number of aromatic nitrogens is 2. The largest absolute Gasteiger partial charge is 0.156 e. The van der Waals surface area contributed by atoms with E-state index in [1.54, 1.807) is 0 Å². The maximum absolute atomic E-state index is 4.08. The standard InChI is InChI=1S/C10H16N2/c1-7(2)5-10-6-8(3)11-12-9(10)4/h6-7H,5H2,1-4H3. The first-order valence-electron chi connectivity index (χ1n) is 4.39. The molecule has 0 bridgehead atoms. The molecule has 0 fully saturated rings. The van der Waals surface area contributed by atoms with Gasteiger partial charge in [-0.25, -0.2) is 0 Å². The molecule has 0 saturated carbocycles. The minimum absolute atomic E-state index is 0.687. The Balaban J connectivity index is 2.90. The highest BCUT2D eigenvalue weighted by Crippen LogP contribution is 2.10. The summed E-state index contributed by atoms with van der Waals surface area (Å²) >= 11 is 0. The fraction of sp³-hybridized carbons (Fsp3) is 0.600. The van der Waals surface area contributed by atoms with Crippen molar-refractivity contribution >= 4 is 0 Å². The van der Waals surface area contributed by atoms with Crippen molar-refractivity contribution in [2.24, 2.45) is 5.92 Å². The lowest BCUT2D eigenvalue weighted by atomic mass is 10.0. The molecule has 0 aromatic carbocycles. The van der Waals surface area contributed by atoms with E-state index in [0.29, 0.717) is 5.92 Å². The van der Waals surface area contributed by atoms with Crippen molar-refractivity contribution in [2.75, 3.05) is 0 Å². The fourth-order valence-electron chi connectivity index (χ4n) is 1.25. The second-order valence-electron chi connectivity index (χ2n) is 3.69. The Hall–Kier alpha value is -0.920. The molecule has 0 aliphatic rings. The third-order valence-electron chi connectivity index (χ3n) is 1.83. The van der Waals surface area contributed by atoms with Gasteiger partial charge in [-0.05, 0) is 37.8 Å². The molecule has 12 heavy (non-hydrogen) atoms. The molecular weight excluding hydrogens is 148 g/mol. The lowest BCUT2D eigenvalue weighted by molar-refractivity contribution is 0.639. The Morgan fingerprint density at radius 3 is 2.50 bits per heavy atom. The Morgan fingerprint density at radius 1 is 1.25 bits per heavy atom. The average Bonchev–Trinajstić information content (AvgIpc) is 1.96. The molecule has 66 valence electrons. The van der Waals surface area contributed by atoms with Crippen LogP contribution in [0.5, 0.6) is 0 Å². The summed E-state index contributed by atoms with van der Waals surface area (Å²) in [6.07, 6.45) is 1.10. The van der Waals surface area contributed by atoms with Gasteiger partial charge in [-0.1, -0.05) is 13.8 Å². The zero-order valence-electron chi connectivity index (χ0n) is 8.26. The van der Waals surface area contributed by atoms with Crippen LogP contribution in [-0.2, 0) is 6.42 Å². The van der Waals surface area contributed by atoms with Crippen LogP contribution in [0.3, 0.4) is 0 Å². The smallest absolute Gasteiger partial charge is 0.0632 e. The zero-order valence-corrected chi connectivity index (χ0v) is 8.26. The minimum atomic E-state index is 0.687. The van der Waals surface area contributed by atoms with Gasteiger partial charge in [-0.3, -0.25) is 0 Å². The summed E-state index contributed by atoms with van der Waals surface area (Å²) in [5.41, 5.74) is 3.41. The number of nitrogens with zero attached hydrogens (tertiary/aromatic N) is 2. The van der Waals surface area contributed by atoms with Crippen molar-refractivity contribution in [3.8, 4) is 0 Å². The van der Waals surface area contributed by atoms with E-state index in [-0.39, 0.29) is 0 Å². The van der Waals surface area contributed by atoms with Gasteiger partial charge in [0.05, 0.1) is 11.4 Å². The van der Waals surface area contributed by atoms with E-state index in [9.17, 15) is 0 Å². The van der Waals surface area contributed by atoms with Gasteiger partial charge in [-0.15, -0.1) is 0 Å². The zero-order chi connectivity index (χ0) is 9.14. The van der Waals surface area contributed by atoms with Crippen molar-refractivity contribution < 1.29 is 0 Å². The molecule has 2 heteroatoms. The number of hydrogen-bond acceptors (Lipinski definition) is 2. The van der Waals surface area contributed by atoms with Crippen molar-refractivity contribution in [3.63, 3.8) is 0 Å². The van der Waals surface area contributed by atoms with Gasteiger partial charge < -0.3 is 0 Å². The van der Waals surface area contributed by atoms with Crippen LogP contribution in [0, 0.1) is 19.8 Å². The molecule has 2 nitrogen and oxygen atoms in total. The van der Waals surface area contributed by atoms with Crippen LogP contribution < -0.4 is 0 Å². The van der Waals surface area contributed by atoms with Gasteiger partial charge in [0, 0.05) is 0 Å². The molecule has 0 aliphatic carbocycles. The molecule has 0 unspecified atom stereocenters. The van der Waals surface area contributed by atoms with Gasteiger partial charge in [-0.2, -0.15) is 10.2 Å². The van der Waals surface area contributed by atoms with Crippen LogP contribution in [0.4, 0.5) is 0 Å². The van der Waals surface area contributed by atoms with Crippen molar-refractivity contribution in [3.05, 3.63) is 23.0 Å². The molecule has 1 heterocycles. The summed E-state index contributed by atoms with van der Waals surface area (Å²) in [5, 5.41) is 8.08. The van der Waals surface area contributed by atoms with Gasteiger partial charge in [0.1, 0.15) is 0 Å². The Bertz CT molecular complexity index is 267. The van der Waals surface area contributed by atoms with Crippen LogP contribution in [0.2, 0.25) is 0 Å². The Labute approximate surface area is 74.0 Å². The minimum Gasteiger partial charge on any atom is -0.156 e. The topological polar surface area (TPSA) is 25.8 Å². The number of hydrogen-bond donors (Lipinski definition) is 0. The molecule has 0 spiro atoms. The van der Waals surface area contributed by atoms with Crippen LogP contribution in [0.1, 0.15) is 30.8 Å². The van der Waals surface area contributed by atoms with Crippen LogP contribution in [0.15, 0.2) is 6.07 Å². The van der Waals surface area contributed by atoms with Gasteiger partial charge in [0.25, 0.3) is 0 Å². The summed E-state index contributed by atoms with van der Waals surface area (Å²) in [7, 11) is 0. The average molecular weight is 164 g/mol.